The van der Waals surface area contributed by atoms with E-state index in [1.165, 1.54) is 14.0 Å². The van der Waals surface area contributed by atoms with Crippen LogP contribution in [0.5, 0.6) is 11.6 Å². The molecule has 0 saturated carbocycles. The lowest BCUT2D eigenvalue weighted by Gasteiger charge is -2.27. The molecule has 2 fully saturated rings. The molecule has 0 spiro atoms. The molecule has 2 aromatic heterocycles. The number of carbonyl (C=O) groups is 1. The van der Waals surface area contributed by atoms with Gasteiger partial charge in [0.05, 0.1) is 33.0 Å². The van der Waals surface area contributed by atoms with Crippen molar-refractivity contribution in [2.75, 3.05) is 32.7 Å². The van der Waals surface area contributed by atoms with Crippen molar-refractivity contribution in [3.05, 3.63) is 48.3 Å². The van der Waals surface area contributed by atoms with Gasteiger partial charge in [0.25, 0.3) is 0 Å². The number of nitrogens with zero attached hydrogens (tertiary/aromatic N) is 4. The molecular weight excluding hydrogens is 631 g/mol. The van der Waals surface area contributed by atoms with E-state index in [-0.39, 0.29) is 31.0 Å². The van der Waals surface area contributed by atoms with E-state index in [0.717, 1.165) is 5.39 Å². The number of nitrogens with one attached hydrogen (secondary N) is 1. The SMILES string of the molecule is COc1nc(N)nc2c1nc(C)n2C1OC(COP(=O)(NC(C)C(=O)OC2CCOCC2)Oc2cccc3ccccc23)CC1(C)O. The average Bonchev–Trinajstić information content (AvgIpc) is 3.53. The predicted octanol–water partition coefficient (Wildman–Crippen LogP) is 3.82. The first-order valence-electron chi connectivity index (χ1n) is 15.4. The first-order valence-corrected chi connectivity index (χ1v) is 16.9. The summed E-state index contributed by atoms with van der Waals surface area (Å²) in [7, 11) is -2.81. The molecule has 0 amide bonds. The maximum Gasteiger partial charge on any atom is 0.459 e. The van der Waals surface area contributed by atoms with Gasteiger partial charge in [-0.3, -0.25) is 13.9 Å². The Morgan fingerprint density at radius 3 is 2.70 bits per heavy atom. The lowest BCUT2D eigenvalue weighted by molar-refractivity contribution is -0.154. The number of fused-ring (bicyclic) bond motifs is 2. The van der Waals surface area contributed by atoms with Crippen molar-refractivity contribution in [2.24, 2.45) is 0 Å². The van der Waals surface area contributed by atoms with E-state index in [0.29, 0.717) is 54.2 Å². The lowest BCUT2D eigenvalue weighted by Crippen LogP contribution is -2.38. The van der Waals surface area contributed by atoms with Crippen LogP contribution in [0.25, 0.3) is 21.9 Å². The highest BCUT2D eigenvalue weighted by molar-refractivity contribution is 7.52. The third-order valence-electron chi connectivity index (χ3n) is 8.18. The van der Waals surface area contributed by atoms with E-state index in [4.69, 9.17) is 33.7 Å². The normalized spacial score (nSPS) is 23.9. The zero-order valence-corrected chi connectivity index (χ0v) is 27.5. The topological polar surface area (TPSA) is 191 Å². The van der Waals surface area contributed by atoms with E-state index in [1.807, 2.05) is 30.3 Å². The van der Waals surface area contributed by atoms with Gasteiger partial charge in [-0.25, -0.2) is 9.55 Å². The number of hydrogen-bond donors (Lipinski definition) is 3. The fourth-order valence-electron chi connectivity index (χ4n) is 5.90. The molecule has 5 atom stereocenters. The van der Waals surface area contributed by atoms with Crippen LogP contribution in [0.1, 0.15) is 45.2 Å². The van der Waals surface area contributed by atoms with Gasteiger partial charge >= 0.3 is 13.7 Å². The first-order chi connectivity index (χ1) is 22.5. The average molecular weight is 671 g/mol. The van der Waals surface area contributed by atoms with Crippen molar-refractivity contribution < 1.29 is 42.5 Å². The molecule has 252 valence electrons. The number of anilines is 1. The number of nitrogen functional groups attached to an aromatic ring is 1. The Labute approximate surface area is 271 Å². The number of aromatic nitrogens is 4. The summed E-state index contributed by atoms with van der Waals surface area (Å²) in [5, 5.41) is 15.8. The number of imidazole rings is 1. The number of methoxy groups -OCH3 is 1. The van der Waals surface area contributed by atoms with Crippen molar-refractivity contribution in [3.63, 3.8) is 0 Å². The van der Waals surface area contributed by atoms with Crippen molar-refractivity contribution in [1.29, 1.82) is 0 Å². The Morgan fingerprint density at radius 2 is 1.94 bits per heavy atom. The maximum absolute atomic E-state index is 14.4. The molecule has 4 aromatic rings. The number of aryl methyl sites for hydroxylation is 1. The van der Waals surface area contributed by atoms with E-state index < -0.39 is 37.7 Å². The standard InChI is InChI=1S/C31H39N6O9P/c1-18(28(38)44-21-12-14-42-15-13-21)36-47(40,46-24-11-7-9-20-8-5-6-10-23(20)24)43-17-22-16-31(3,39)29(45-22)37-19(2)33-25-26(37)34-30(32)35-27(25)41-4/h5-11,18,21-22,29,39H,12-17H2,1-4H3,(H,36,40)(H2,32,34,35). The molecule has 2 aromatic carbocycles. The molecule has 6 rings (SSSR count). The minimum absolute atomic E-state index is 0.0323. The Bertz CT molecular complexity index is 1810. The van der Waals surface area contributed by atoms with Crippen LogP contribution in [0.15, 0.2) is 42.5 Å². The Balaban J connectivity index is 1.23. The second-order valence-electron chi connectivity index (χ2n) is 11.9. The van der Waals surface area contributed by atoms with Crippen LogP contribution >= 0.6 is 7.75 Å². The van der Waals surface area contributed by atoms with E-state index in [1.54, 1.807) is 30.5 Å². The molecule has 0 aliphatic carbocycles. The number of aliphatic hydroxyl groups is 1. The van der Waals surface area contributed by atoms with Gasteiger partial charge in [0.1, 0.15) is 29.3 Å². The summed E-state index contributed by atoms with van der Waals surface area (Å²) in [4.78, 5) is 26.0. The molecule has 5 unspecified atom stereocenters. The van der Waals surface area contributed by atoms with E-state index in [2.05, 4.69) is 20.0 Å². The fourth-order valence-corrected chi connectivity index (χ4v) is 7.44. The summed E-state index contributed by atoms with van der Waals surface area (Å²) >= 11 is 0. The molecule has 0 radical (unpaired) electrons. The van der Waals surface area contributed by atoms with Gasteiger partial charge in [0, 0.05) is 24.6 Å². The van der Waals surface area contributed by atoms with Crippen molar-refractivity contribution >= 4 is 41.6 Å². The summed E-state index contributed by atoms with van der Waals surface area (Å²) in [6.45, 7) is 5.63. The number of carbonyl (C=O) groups excluding carboxylic acids is 1. The van der Waals surface area contributed by atoms with Gasteiger partial charge in [-0.15, -0.1) is 0 Å². The van der Waals surface area contributed by atoms with Crippen LogP contribution in [0.3, 0.4) is 0 Å². The molecule has 0 bridgehead atoms. The Hall–Kier alpha value is -3.85. The number of benzene rings is 2. The second kappa shape index (κ2) is 13.3. The van der Waals surface area contributed by atoms with Crippen molar-refractivity contribution in [2.45, 2.75) is 70.1 Å². The summed E-state index contributed by atoms with van der Waals surface area (Å²) in [5.74, 6) is 0.340. The molecule has 47 heavy (non-hydrogen) atoms. The quantitative estimate of drug-likeness (QED) is 0.154. The highest BCUT2D eigenvalue weighted by Crippen LogP contribution is 2.49. The third kappa shape index (κ3) is 7.05. The van der Waals surface area contributed by atoms with Gasteiger partial charge < -0.3 is 34.3 Å². The first kappa shape index (κ1) is 33.1. The highest BCUT2D eigenvalue weighted by Gasteiger charge is 2.47. The van der Waals surface area contributed by atoms with Gasteiger partial charge in [-0.05, 0) is 32.2 Å². The van der Waals surface area contributed by atoms with E-state index >= 15 is 0 Å². The molecule has 4 N–H and O–H groups in total. The third-order valence-corrected chi connectivity index (χ3v) is 9.81. The Morgan fingerprint density at radius 1 is 1.19 bits per heavy atom. The molecular formula is C31H39N6O9P. The van der Waals surface area contributed by atoms with Gasteiger partial charge in [-0.2, -0.15) is 15.1 Å². The summed E-state index contributed by atoms with van der Waals surface area (Å²) in [6.07, 6.45) is -0.742. The number of hydrogen-bond acceptors (Lipinski definition) is 13. The van der Waals surface area contributed by atoms with Gasteiger partial charge in [-0.1, -0.05) is 36.4 Å². The number of esters is 1. The van der Waals surface area contributed by atoms with Crippen LogP contribution in [0.4, 0.5) is 5.95 Å². The Kier molecular flexibility index (Phi) is 9.38. The van der Waals surface area contributed by atoms with Gasteiger partial charge in [0.15, 0.2) is 17.4 Å². The fraction of sp³-hybridized carbons (Fsp3) is 0.484. The van der Waals surface area contributed by atoms with Crippen molar-refractivity contribution in [3.8, 4) is 11.6 Å². The minimum atomic E-state index is -4.26. The van der Waals surface area contributed by atoms with Gasteiger partial charge in [0.2, 0.25) is 11.8 Å². The predicted molar refractivity (Wildman–Crippen MR) is 171 cm³/mol. The molecule has 2 aliphatic heterocycles. The van der Waals surface area contributed by atoms with Crippen LogP contribution in [0.2, 0.25) is 0 Å². The largest absolute Gasteiger partial charge is 0.479 e. The van der Waals surface area contributed by atoms with Crippen LogP contribution in [-0.2, 0) is 28.1 Å². The van der Waals surface area contributed by atoms with Crippen molar-refractivity contribution in [1.82, 2.24) is 24.6 Å². The highest BCUT2D eigenvalue weighted by atomic mass is 31.2. The summed E-state index contributed by atoms with van der Waals surface area (Å²) in [5.41, 5.74) is 5.18. The zero-order valence-electron chi connectivity index (χ0n) is 26.6. The summed E-state index contributed by atoms with van der Waals surface area (Å²) < 4.78 is 50.7. The monoisotopic (exact) mass is 670 g/mol. The summed E-state index contributed by atoms with van der Waals surface area (Å²) in [6, 6.07) is 11.8. The van der Waals surface area contributed by atoms with Crippen LogP contribution in [-0.4, -0.2) is 81.4 Å². The van der Waals surface area contributed by atoms with E-state index in [9.17, 15) is 14.5 Å². The molecule has 2 aliphatic rings. The molecule has 15 nitrogen and oxygen atoms in total. The minimum Gasteiger partial charge on any atom is -0.479 e. The molecule has 2 saturated heterocycles. The molecule has 4 heterocycles. The maximum atomic E-state index is 14.4. The smallest absolute Gasteiger partial charge is 0.459 e. The van der Waals surface area contributed by atoms with Crippen LogP contribution in [0, 0.1) is 6.92 Å². The van der Waals surface area contributed by atoms with Crippen LogP contribution < -0.4 is 20.1 Å². The zero-order chi connectivity index (χ0) is 33.3. The second-order valence-corrected chi connectivity index (χ2v) is 13.6. The number of nitrogens with two attached hydrogens (primary N) is 1. The molecule has 16 heteroatoms. The number of rotatable bonds is 11. The number of ether oxygens (including phenoxy) is 4. The lowest BCUT2D eigenvalue weighted by atomic mass is 10.0.